The second kappa shape index (κ2) is 8.42. The summed E-state index contributed by atoms with van der Waals surface area (Å²) in [4.78, 5) is 26.3. The summed E-state index contributed by atoms with van der Waals surface area (Å²) >= 11 is 5.88. The number of carbonyl (C=O) groups excluding carboxylic acids is 2. The van der Waals surface area contributed by atoms with E-state index in [1.54, 1.807) is 53.4 Å². The maximum Gasteiger partial charge on any atom is 0.247 e. The number of sulfonamides is 1. The number of carbonyl (C=O) groups is 2. The highest BCUT2D eigenvalue weighted by molar-refractivity contribution is 7.92. The number of hydrogen-bond donors (Lipinski definition) is 1. The Morgan fingerprint density at radius 2 is 1.76 bits per heavy atom. The van der Waals surface area contributed by atoms with Crippen LogP contribution in [0.5, 0.6) is 0 Å². The van der Waals surface area contributed by atoms with Gasteiger partial charge in [0, 0.05) is 29.4 Å². The molecule has 2 amide bonds. The van der Waals surface area contributed by atoms with Crippen LogP contribution in [0.4, 0.5) is 17.1 Å². The van der Waals surface area contributed by atoms with Crippen molar-refractivity contribution in [2.24, 2.45) is 0 Å². The fourth-order valence-corrected chi connectivity index (χ4v) is 4.59. The van der Waals surface area contributed by atoms with Crippen molar-refractivity contribution < 1.29 is 18.0 Å². The molecule has 2 aromatic rings. The Morgan fingerprint density at radius 1 is 1.14 bits per heavy atom. The first-order valence-corrected chi connectivity index (χ1v) is 11.4. The third kappa shape index (κ3) is 4.89. The number of rotatable bonds is 6. The summed E-state index contributed by atoms with van der Waals surface area (Å²) in [6.45, 7) is 2.20. The summed E-state index contributed by atoms with van der Waals surface area (Å²) in [5, 5.41) is 3.20. The predicted octanol–water partition coefficient (Wildman–Crippen LogP) is 3.26. The first-order valence-electron chi connectivity index (χ1n) is 9.13. The van der Waals surface area contributed by atoms with Crippen LogP contribution in [0.25, 0.3) is 0 Å². The van der Waals surface area contributed by atoms with Crippen molar-refractivity contribution in [3.05, 3.63) is 53.6 Å². The van der Waals surface area contributed by atoms with Crippen molar-refractivity contribution in [2.45, 2.75) is 25.8 Å². The molecule has 1 atom stereocenters. The van der Waals surface area contributed by atoms with Crippen molar-refractivity contribution in [1.29, 1.82) is 0 Å². The molecule has 9 heteroatoms. The van der Waals surface area contributed by atoms with Crippen molar-refractivity contribution in [1.82, 2.24) is 0 Å². The van der Waals surface area contributed by atoms with Crippen LogP contribution >= 0.6 is 11.6 Å². The van der Waals surface area contributed by atoms with Crippen LogP contribution in [0.3, 0.4) is 0 Å². The van der Waals surface area contributed by atoms with Gasteiger partial charge in [-0.25, -0.2) is 8.42 Å². The average molecular weight is 436 g/mol. The van der Waals surface area contributed by atoms with Gasteiger partial charge in [0.1, 0.15) is 6.04 Å². The van der Waals surface area contributed by atoms with Crippen molar-refractivity contribution >= 4 is 50.5 Å². The minimum atomic E-state index is -3.71. The second-order valence-corrected chi connectivity index (χ2v) is 9.19. The highest BCUT2D eigenvalue weighted by Gasteiger charge is 2.29. The zero-order valence-corrected chi connectivity index (χ0v) is 17.7. The normalized spacial score (nSPS) is 15.3. The van der Waals surface area contributed by atoms with Gasteiger partial charge in [0.2, 0.25) is 21.8 Å². The Morgan fingerprint density at radius 3 is 2.28 bits per heavy atom. The Kier molecular flexibility index (Phi) is 6.14. The van der Waals surface area contributed by atoms with E-state index in [9.17, 15) is 18.0 Å². The van der Waals surface area contributed by atoms with Gasteiger partial charge >= 0.3 is 0 Å². The Balaban J connectivity index is 1.76. The lowest BCUT2D eigenvalue weighted by Gasteiger charge is -2.28. The molecule has 1 aliphatic rings. The summed E-state index contributed by atoms with van der Waals surface area (Å²) in [6.07, 6.45) is 2.43. The molecular formula is C20H22ClN3O4S. The highest BCUT2D eigenvalue weighted by atomic mass is 35.5. The number of hydrogen-bond acceptors (Lipinski definition) is 4. The van der Waals surface area contributed by atoms with E-state index >= 15 is 0 Å². The SMILES string of the molecule is C[C@H](C(=O)Nc1ccc(N2CCCC2=O)cc1)N(c1ccc(Cl)cc1)S(C)(=O)=O. The van der Waals surface area contributed by atoms with E-state index in [-0.39, 0.29) is 5.91 Å². The number of halogens is 1. The number of anilines is 3. The van der Waals surface area contributed by atoms with E-state index in [1.807, 2.05) is 0 Å². The zero-order chi connectivity index (χ0) is 21.2. The van der Waals surface area contributed by atoms with Crippen LogP contribution in [0.1, 0.15) is 19.8 Å². The number of amides is 2. The molecule has 0 spiro atoms. The molecule has 154 valence electrons. The van der Waals surface area contributed by atoms with Gasteiger partial charge in [-0.3, -0.25) is 13.9 Å². The highest BCUT2D eigenvalue weighted by Crippen LogP contribution is 2.25. The molecule has 29 heavy (non-hydrogen) atoms. The van der Waals surface area contributed by atoms with Gasteiger partial charge < -0.3 is 10.2 Å². The lowest BCUT2D eigenvalue weighted by atomic mass is 10.2. The van der Waals surface area contributed by atoms with Gasteiger partial charge in [-0.1, -0.05) is 11.6 Å². The smallest absolute Gasteiger partial charge is 0.247 e. The van der Waals surface area contributed by atoms with Gasteiger partial charge in [-0.05, 0) is 61.9 Å². The molecule has 0 bridgehead atoms. The van der Waals surface area contributed by atoms with E-state index in [1.165, 1.54) is 6.92 Å². The fraction of sp³-hybridized carbons (Fsp3) is 0.300. The van der Waals surface area contributed by atoms with Crippen LogP contribution in [-0.4, -0.2) is 39.1 Å². The third-order valence-corrected chi connectivity index (χ3v) is 6.18. The Hall–Kier alpha value is -2.58. The van der Waals surface area contributed by atoms with Gasteiger partial charge in [0.25, 0.3) is 0 Å². The maximum atomic E-state index is 12.7. The lowest BCUT2D eigenvalue weighted by molar-refractivity contribution is -0.117. The lowest BCUT2D eigenvalue weighted by Crippen LogP contribution is -2.45. The van der Waals surface area contributed by atoms with Crippen LogP contribution in [0.2, 0.25) is 5.02 Å². The molecule has 1 saturated heterocycles. The van der Waals surface area contributed by atoms with Crippen LogP contribution in [-0.2, 0) is 19.6 Å². The molecule has 3 rings (SSSR count). The molecule has 1 aliphatic heterocycles. The summed E-state index contributed by atoms with van der Waals surface area (Å²) in [5.74, 6) is -0.391. The zero-order valence-electron chi connectivity index (χ0n) is 16.1. The van der Waals surface area contributed by atoms with Crippen molar-refractivity contribution in [3.8, 4) is 0 Å². The molecule has 1 fully saturated rings. The molecule has 0 aliphatic carbocycles. The van der Waals surface area contributed by atoms with Crippen molar-refractivity contribution in [2.75, 3.05) is 27.3 Å². The van der Waals surface area contributed by atoms with E-state index < -0.39 is 22.0 Å². The standard InChI is InChI=1S/C20H22ClN3O4S/c1-14(24(29(2,27)28)18-9-5-15(21)6-10-18)20(26)22-16-7-11-17(12-8-16)23-13-3-4-19(23)25/h5-12,14H,3-4,13H2,1-2H3,(H,22,26)/t14-/m1/s1. The summed E-state index contributed by atoms with van der Waals surface area (Å²) in [7, 11) is -3.71. The number of nitrogens with zero attached hydrogens (tertiary/aromatic N) is 2. The minimum Gasteiger partial charge on any atom is -0.324 e. The van der Waals surface area contributed by atoms with Crippen LogP contribution in [0, 0.1) is 0 Å². The van der Waals surface area contributed by atoms with Gasteiger partial charge in [-0.15, -0.1) is 0 Å². The van der Waals surface area contributed by atoms with Crippen molar-refractivity contribution in [3.63, 3.8) is 0 Å². The Bertz CT molecular complexity index is 1010. The topological polar surface area (TPSA) is 86.8 Å². The number of benzene rings is 2. The summed E-state index contributed by atoms with van der Waals surface area (Å²) < 4.78 is 25.7. The molecule has 0 saturated carbocycles. The van der Waals surface area contributed by atoms with E-state index in [2.05, 4.69) is 5.32 Å². The molecule has 7 nitrogen and oxygen atoms in total. The molecule has 0 aromatic heterocycles. The molecular weight excluding hydrogens is 414 g/mol. The van der Waals surface area contributed by atoms with E-state index in [0.717, 1.165) is 22.7 Å². The third-order valence-electron chi connectivity index (χ3n) is 4.69. The van der Waals surface area contributed by atoms with Gasteiger partial charge in [-0.2, -0.15) is 0 Å². The predicted molar refractivity (Wildman–Crippen MR) is 115 cm³/mol. The monoisotopic (exact) mass is 435 g/mol. The molecule has 0 radical (unpaired) electrons. The molecule has 1 N–H and O–H groups in total. The minimum absolute atomic E-state index is 0.0853. The Labute approximate surface area is 175 Å². The summed E-state index contributed by atoms with van der Waals surface area (Å²) in [5.41, 5.74) is 1.64. The number of nitrogens with one attached hydrogen (secondary N) is 1. The summed E-state index contributed by atoms with van der Waals surface area (Å²) in [6, 6.07) is 12.2. The molecule has 1 heterocycles. The van der Waals surface area contributed by atoms with Gasteiger partial charge in [0.05, 0.1) is 11.9 Å². The van der Waals surface area contributed by atoms with E-state index in [4.69, 9.17) is 11.6 Å². The first kappa shape index (κ1) is 21.1. The van der Waals surface area contributed by atoms with Crippen LogP contribution < -0.4 is 14.5 Å². The maximum absolute atomic E-state index is 12.7. The quantitative estimate of drug-likeness (QED) is 0.754. The van der Waals surface area contributed by atoms with Gasteiger partial charge in [0.15, 0.2) is 0 Å². The molecule has 2 aromatic carbocycles. The first-order chi connectivity index (χ1) is 13.7. The fourth-order valence-electron chi connectivity index (χ4n) is 3.29. The largest absolute Gasteiger partial charge is 0.324 e. The molecule has 0 unspecified atom stereocenters. The second-order valence-electron chi connectivity index (χ2n) is 6.90. The van der Waals surface area contributed by atoms with Crippen LogP contribution in [0.15, 0.2) is 48.5 Å². The van der Waals surface area contributed by atoms with E-state index in [0.29, 0.717) is 29.4 Å². The average Bonchev–Trinajstić information content (AvgIpc) is 3.09.